The summed E-state index contributed by atoms with van der Waals surface area (Å²) in [6.07, 6.45) is -4.23. The summed E-state index contributed by atoms with van der Waals surface area (Å²) in [7, 11) is 1.34. The number of carbonyl (C=O) groups is 1. The molecule has 0 heterocycles. The molecule has 0 radical (unpaired) electrons. The quantitative estimate of drug-likeness (QED) is 0.677. The maximum atomic E-state index is 12.3. The third kappa shape index (κ3) is 4.10. The van der Waals surface area contributed by atoms with Crippen molar-refractivity contribution in [1.29, 1.82) is 0 Å². The van der Waals surface area contributed by atoms with E-state index in [2.05, 4.69) is 0 Å². The second kappa shape index (κ2) is 5.88. The molecule has 0 saturated carbocycles. The van der Waals surface area contributed by atoms with Crippen LogP contribution < -0.4 is 0 Å². The van der Waals surface area contributed by atoms with E-state index in [1.807, 2.05) is 0 Å². The first-order chi connectivity index (χ1) is 8.75. The minimum Gasteiger partial charge on any atom is -0.507 e. The van der Waals surface area contributed by atoms with Gasteiger partial charge >= 0.3 is 6.18 Å². The van der Waals surface area contributed by atoms with Gasteiger partial charge in [-0.15, -0.1) is 0 Å². The lowest BCUT2D eigenvalue weighted by molar-refractivity contribution is -0.137. The highest BCUT2D eigenvalue weighted by atomic mass is 19.4. The van der Waals surface area contributed by atoms with E-state index in [-0.39, 0.29) is 5.56 Å². The van der Waals surface area contributed by atoms with Crippen molar-refractivity contribution in [2.45, 2.75) is 19.2 Å². The van der Waals surface area contributed by atoms with Gasteiger partial charge in [0.05, 0.1) is 5.56 Å². The SMILES string of the molecule is COC(C)C(=O)/C=C(\O)c1ccc(C(F)(F)F)cc1. The molecule has 1 aromatic rings. The molecule has 0 fully saturated rings. The molecule has 0 bridgehead atoms. The zero-order valence-corrected chi connectivity index (χ0v) is 10.4. The Balaban J connectivity index is 2.92. The average Bonchev–Trinajstić information content (AvgIpc) is 2.36. The van der Waals surface area contributed by atoms with E-state index < -0.39 is 29.4 Å². The van der Waals surface area contributed by atoms with E-state index in [0.717, 1.165) is 30.3 Å². The van der Waals surface area contributed by atoms with Crippen LogP contribution in [0.5, 0.6) is 0 Å². The highest BCUT2D eigenvalue weighted by Crippen LogP contribution is 2.29. The molecule has 104 valence electrons. The number of alkyl halides is 3. The van der Waals surface area contributed by atoms with Crippen LogP contribution in [0.4, 0.5) is 13.2 Å². The standard InChI is InChI=1S/C13H13F3O3/c1-8(19-2)11(17)7-12(18)9-3-5-10(6-4-9)13(14,15)16/h3-8,18H,1-2H3/b12-7-. The van der Waals surface area contributed by atoms with E-state index in [4.69, 9.17) is 4.74 Å². The first kappa shape index (κ1) is 15.2. The molecule has 1 aromatic carbocycles. The molecule has 19 heavy (non-hydrogen) atoms. The molecule has 1 N–H and O–H groups in total. The maximum Gasteiger partial charge on any atom is 0.416 e. The predicted molar refractivity (Wildman–Crippen MR) is 63.5 cm³/mol. The van der Waals surface area contributed by atoms with Gasteiger partial charge < -0.3 is 9.84 Å². The van der Waals surface area contributed by atoms with Crippen LogP contribution in [0.25, 0.3) is 5.76 Å². The lowest BCUT2D eigenvalue weighted by Crippen LogP contribution is -2.16. The molecule has 0 aliphatic carbocycles. The van der Waals surface area contributed by atoms with Crippen LogP contribution in [0.2, 0.25) is 0 Å². The van der Waals surface area contributed by atoms with Crippen LogP contribution >= 0.6 is 0 Å². The van der Waals surface area contributed by atoms with E-state index >= 15 is 0 Å². The molecular weight excluding hydrogens is 261 g/mol. The van der Waals surface area contributed by atoms with Crippen molar-refractivity contribution in [2.24, 2.45) is 0 Å². The number of rotatable bonds is 4. The van der Waals surface area contributed by atoms with Crippen LogP contribution in [-0.2, 0) is 15.7 Å². The molecule has 0 saturated heterocycles. The summed E-state index contributed by atoms with van der Waals surface area (Å²) in [6.45, 7) is 1.50. The van der Waals surface area contributed by atoms with Crippen molar-refractivity contribution < 1.29 is 27.8 Å². The van der Waals surface area contributed by atoms with Gasteiger partial charge in [0.2, 0.25) is 0 Å². The number of aliphatic hydroxyl groups is 1. The Kier molecular flexibility index (Phi) is 4.72. The summed E-state index contributed by atoms with van der Waals surface area (Å²) in [5.41, 5.74) is -0.690. The topological polar surface area (TPSA) is 46.5 Å². The monoisotopic (exact) mass is 274 g/mol. The number of hydrogen-bond acceptors (Lipinski definition) is 3. The van der Waals surface area contributed by atoms with Gasteiger partial charge in [0, 0.05) is 18.7 Å². The van der Waals surface area contributed by atoms with E-state index in [1.54, 1.807) is 0 Å². The van der Waals surface area contributed by atoms with Crippen LogP contribution in [0.3, 0.4) is 0 Å². The third-order valence-electron chi connectivity index (χ3n) is 2.54. The van der Waals surface area contributed by atoms with Gasteiger partial charge in [-0.3, -0.25) is 4.79 Å². The highest BCUT2D eigenvalue weighted by Gasteiger charge is 2.30. The molecule has 0 aromatic heterocycles. The molecule has 0 aliphatic heterocycles. The first-order valence-corrected chi connectivity index (χ1v) is 5.40. The second-order valence-electron chi connectivity index (χ2n) is 3.88. The summed E-state index contributed by atoms with van der Waals surface area (Å²) in [5.74, 6) is -0.873. The second-order valence-corrected chi connectivity index (χ2v) is 3.88. The summed E-state index contributed by atoms with van der Waals surface area (Å²) in [6, 6.07) is 3.87. The average molecular weight is 274 g/mol. The fraction of sp³-hybridized carbons (Fsp3) is 0.308. The molecule has 1 atom stereocenters. The van der Waals surface area contributed by atoms with Crippen molar-refractivity contribution >= 4 is 11.5 Å². The lowest BCUT2D eigenvalue weighted by atomic mass is 10.1. The Morgan fingerprint density at radius 2 is 1.84 bits per heavy atom. The van der Waals surface area contributed by atoms with Crippen molar-refractivity contribution in [3.63, 3.8) is 0 Å². The Hall–Kier alpha value is -1.82. The summed E-state index contributed by atoms with van der Waals surface area (Å²) in [4.78, 5) is 11.4. The molecule has 6 heteroatoms. The van der Waals surface area contributed by atoms with Crippen LogP contribution in [-0.4, -0.2) is 24.1 Å². The van der Waals surface area contributed by atoms with Crippen molar-refractivity contribution in [3.05, 3.63) is 41.5 Å². The van der Waals surface area contributed by atoms with Crippen molar-refractivity contribution in [1.82, 2.24) is 0 Å². The van der Waals surface area contributed by atoms with Crippen molar-refractivity contribution in [2.75, 3.05) is 7.11 Å². The molecule has 1 rings (SSSR count). The molecule has 1 unspecified atom stereocenters. The van der Waals surface area contributed by atoms with Gasteiger partial charge in [-0.2, -0.15) is 13.2 Å². The summed E-state index contributed by atoms with van der Waals surface area (Å²) < 4.78 is 41.8. The normalized spacial score (nSPS) is 14.3. The van der Waals surface area contributed by atoms with E-state index in [1.165, 1.54) is 14.0 Å². The lowest BCUT2D eigenvalue weighted by Gasteiger charge is -2.08. The Bertz CT molecular complexity index is 475. The predicted octanol–water partition coefficient (Wildman–Crippen LogP) is 3.21. The number of halogens is 3. The van der Waals surface area contributed by atoms with Gasteiger partial charge in [-0.05, 0) is 19.1 Å². The number of methoxy groups -OCH3 is 1. The van der Waals surface area contributed by atoms with E-state index in [9.17, 15) is 23.1 Å². The van der Waals surface area contributed by atoms with Crippen LogP contribution in [0, 0.1) is 0 Å². The van der Waals surface area contributed by atoms with Gasteiger partial charge in [-0.1, -0.05) is 12.1 Å². The summed E-state index contributed by atoms with van der Waals surface area (Å²) in [5, 5.41) is 9.63. The van der Waals surface area contributed by atoms with Gasteiger partial charge in [0.15, 0.2) is 5.78 Å². The largest absolute Gasteiger partial charge is 0.507 e. The third-order valence-corrected chi connectivity index (χ3v) is 2.54. The fourth-order valence-electron chi connectivity index (χ4n) is 1.28. The van der Waals surface area contributed by atoms with E-state index in [0.29, 0.717) is 0 Å². The molecule has 0 aliphatic rings. The Morgan fingerprint density at radius 1 is 1.32 bits per heavy atom. The van der Waals surface area contributed by atoms with Crippen LogP contribution in [0.15, 0.2) is 30.3 Å². The Morgan fingerprint density at radius 3 is 2.26 bits per heavy atom. The molecular formula is C13H13F3O3. The van der Waals surface area contributed by atoms with Crippen LogP contribution in [0.1, 0.15) is 18.1 Å². The zero-order valence-electron chi connectivity index (χ0n) is 10.4. The van der Waals surface area contributed by atoms with Gasteiger partial charge in [0.25, 0.3) is 0 Å². The molecule has 3 nitrogen and oxygen atoms in total. The number of ether oxygens (including phenoxy) is 1. The van der Waals surface area contributed by atoms with Gasteiger partial charge in [0.1, 0.15) is 11.9 Å². The summed E-state index contributed by atoms with van der Waals surface area (Å²) >= 11 is 0. The number of aliphatic hydroxyl groups excluding tert-OH is 1. The zero-order chi connectivity index (χ0) is 14.6. The first-order valence-electron chi connectivity index (χ1n) is 5.40. The molecule has 0 amide bonds. The smallest absolute Gasteiger partial charge is 0.416 e. The molecule has 0 spiro atoms. The Labute approximate surface area is 108 Å². The maximum absolute atomic E-state index is 12.3. The number of benzene rings is 1. The van der Waals surface area contributed by atoms with Gasteiger partial charge in [-0.25, -0.2) is 0 Å². The number of hydrogen-bond donors (Lipinski definition) is 1. The fourth-order valence-corrected chi connectivity index (χ4v) is 1.28. The minimum atomic E-state index is -4.43. The number of carbonyl (C=O) groups excluding carboxylic acids is 1. The highest BCUT2D eigenvalue weighted by molar-refractivity contribution is 5.98. The van der Waals surface area contributed by atoms with Crippen molar-refractivity contribution in [3.8, 4) is 0 Å². The number of ketones is 1. The minimum absolute atomic E-state index is 0.129.